The van der Waals surface area contributed by atoms with Gasteiger partial charge in [-0.15, -0.1) is 0 Å². The van der Waals surface area contributed by atoms with Crippen LogP contribution < -0.4 is 20.7 Å². The third kappa shape index (κ3) is 3.68. The van der Waals surface area contributed by atoms with Crippen LogP contribution in [0, 0.1) is 0 Å². The summed E-state index contributed by atoms with van der Waals surface area (Å²) in [6, 6.07) is 5.88. The second-order valence-electron chi connectivity index (χ2n) is 4.61. The number of ether oxygens (including phenoxy) is 1. The second-order valence-corrected chi connectivity index (χ2v) is 4.61. The number of hydrogen-bond donors (Lipinski definition) is 3. The summed E-state index contributed by atoms with van der Waals surface area (Å²) in [5.41, 5.74) is 1.89. The lowest BCUT2D eigenvalue weighted by molar-refractivity contribution is -0.122. The molecule has 104 valence electrons. The number of fused-ring (bicyclic) bond motifs is 1. The van der Waals surface area contributed by atoms with Gasteiger partial charge in [-0.05, 0) is 31.2 Å². The van der Waals surface area contributed by atoms with Crippen molar-refractivity contribution < 1.29 is 9.53 Å². The van der Waals surface area contributed by atoms with Crippen LogP contribution in [0.15, 0.2) is 18.2 Å². The highest BCUT2D eigenvalue weighted by molar-refractivity contribution is 5.97. The molecular formula is C14H21N3O2. The molecule has 0 aliphatic carbocycles. The van der Waals surface area contributed by atoms with Crippen molar-refractivity contribution in [1.29, 1.82) is 0 Å². The van der Waals surface area contributed by atoms with Gasteiger partial charge < -0.3 is 20.7 Å². The molecule has 1 aliphatic rings. The van der Waals surface area contributed by atoms with E-state index >= 15 is 0 Å². The molecule has 5 heteroatoms. The van der Waals surface area contributed by atoms with Crippen molar-refractivity contribution in [3.8, 4) is 5.75 Å². The highest BCUT2D eigenvalue weighted by Gasteiger charge is 2.23. The van der Waals surface area contributed by atoms with Crippen molar-refractivity contribution in [2.24, 2.45) is 0 Å². The Labute approximate surface area is 113 Å². The number of carbonyl (C=O) groups excluding carboxylic acids is 1. The number of likely N-dealkylation sites (N-methyl/N-ethyl adjacent to an activating group) is 1. The van der Waals surface area contributed by atoms with Gasteiger partial charge in [-0.25, -0.2) is 0 Å². The number of amides is 1. The molecule has 0 spiro atoms. The molecule has 19 heavy (non-hydrogen) atoms. The van der Waals surface area contributed by atoms with Crippen LogP contribution in [-0.4, -0.2) is 31.6 Å². The Morgan fingerprint density at radius 2 is 2.11 bits per heavy atom. The van der Waals surface area contributed by atoms with Crippen molar-refractivity contribution in [3.05, 3.63) is 23.8 Å². The Balaban J connectivity index is 1.90. The summed E-state index contributed by atoms with van der Waals surface area (Å²) in [6.45, 7) is 7.48. The van der Waals surface area contributed by atoms with Crippen molar-refractivity contribution in [2.75, 3.05) is 25.0 Å². The number of nitrogens with one attached hydrogen (secondary N) is 3. The molecule has 1 aliphatic heterocycles. The van der Waals surface area contributed by atoms with Gasteiger partial charge in [0.2, 0.25) is 0 Å². The average Bonchev–Trinajstić information content (AvgIpc) is 2.40. The maximum Gasteiger partial charge on any atom is 0.265 e. The molecule has 0 bridgehead atoms. The molecule has 5 nitrogen and oxygen atoms in total. The first-order chi connectivity index (χ1) is 9.20. The largest absolute Gasteiger partial charge is 0.479 e. The quantitative estimate of drug-likeness (QED) is 0.673. The van der Waals surface area contributed by atoms with E-state index in [0.717, 1.165) is 43.2 Å². The normalized spacial score (nSPS) is 17.6. The average molecular weight is 263 g/mol. The van der Waals surface area contributed by atoms with Crippen LogP contribution in [0.1, 0.15) is 19.4 Å². The molecule has 0 saturated carbocycles. The number of hydrogen-bond acceptors (Lipinski definition) is 4. The fourth-order valence-corrected chi connectivity index (χ4v) is 1.95. The SMILES string of the molecule is CCNCCNCc1ccc2c(c1)NC(=O)C(C)O2. The van der Waals surface area contributed by atoms with Crippen molar-refractivity contribution in [1.82, 2.24) is 10.6 Å². The molecule has 2 rings (SSSR count). The monoisotopic (exact) mass is 263 g/mol. The molecule has 1 aromatic rings. The van der Waals surface area contributed by atoms with Gasteiger partial charge >= 0.3 is 0 Å². The summed E-state index contributed by atoms with van der Waals surface area (Å²) in [6.07, 6.45) is -0.420. The van der Waals surface area contributed by atoms with E-state index in [1.807, 2.05) is 18.2 Å². The number of rotatable bonds is 6. The van der Waals surface area contributed by atoms with Gasteiger partial charge in [0.15, 0.2) is 6.10 Å². The van der Waals surface area contributed by atoms with Crippen LogP contribution in [0.3, 0.4) is 0 Å². The Kier molecular flexibility index (Phi) is 4.76. The predicted octanol–water partition coefficient (Wildman–Crippen LogP) is 1.11. The molecule has 1 unspecified atom stereocenters. The van der Waals surface area contributed by atoms with Crippen molar-refractivity contribution >= 4 is 11.6 Å². The minimum Gasteiger partial charge on any atom is -0.479 e. The summed E-state index contributed by atoms with van der Waals surface area (Å²) in [5.74, 6) is 0.647. The zero-order valence-corrected chi connectivity index (χ0v) is 11.5. The molecule has 3 N–H and O–H groups in total. The molecule has 1 aromatic carbocycles. The maximum absolute atomic E-state index is 11.5. The molecule has 0 fully saturated rings. The van der Waals surface area contributed by atoms with Crippen molar-refractivity contribution in [2.45, 2.75) is 26.5 Å². The van der Waals surface area contributed by atoms with E-state index in [0.29, 0.717) is 0 Å². The van der Waals surface area contributed by atoms with E-state index in [9.17, 15) is 4.79 Å². The van der Waals surface area contributed by atoms with E-state index in [4.69, 9.17) is 4.74 Å². The minimum absolute atomic E-state index is 0.0928. The van der Waals surface area contributed by atoms with Gasteiger partial charge in [0.1, 0.15) is 5.75 Å². The molecule has 0 saturated heterocycles. The van der Waals surface area contributed by atoms with E-state index in [1.165, 1.54) is 0 Å². The first-order valence-corrected chi connectivity index (χ1v) is 6.72. The van der Waals surface area contributed by atoms with Crippen LogP contribution in [0.5, 0.6) is 5.75 Å². The first kappa shape index (κ1) is 13.8. The van der Waals surface area contributed by atoms with Crippen molar-refractivity contribution in [3.63, 3.8) is 0 Å². The smallest absolute Gasteiger partial charge is 0.265 e. The topological polar surface area (TPSA) is 62.4 Å². The Hall–Kier alpha value is -1.59. The van der Waals surface area contributed by atoms with Gasteiger partial charge in [-0.1, -0.05) is 13.0 Å². The third-order valence-electron chi connectivity index (χ3n) is 3.03. The summed E-state index contributed by atoms with van der Waals surface area (Å²) < 4.78 is 5.51. The summed E-state index contributed by atoms with van der Waals surface area (Å²) >= 11 is 0. The van der Waals surface area contributed by atoms with Gasteiger partial charge in [-0.3, -0.25) is 4.79 Å². The molecular weight excluding hydrogens is 242 g/mol. The zero-order valence-electron chi connectivity index (χ0n) is 11.5. The number of benzene rings is 1. The highest BCUT2D eigenvalue weighted by atomic mass is 16.5. The maximum atomic E-state index is 11.5. The van der Waals surface area contributed by atoms with Gasteiger partial charge in [-0.2, -0.15) is 0 Å². The van der Waals surface area contributed by atoms with Crippen LogP contribution in [0.2, 0.25) is 0 Å². The predicted molar refractivity (Wildman–Crippen MR) is 75.4 cm³/mol. The molecule has 0 aromatic heterocycles. The van der Waals surface area contributed by atoms with Crippen LogP contribution in [-0.2, 0) is 11.3 Å². The van der Waals surface area contributed by atoms with Crippen LogP contribution in [0.4, 0.5) is 5.69 Å². The number of anilines is 1. The van der Waals surface area contributed by atoms with Gasteiger partial charge in [0.05, 0.1) is 5.69 Å². The fraction of sp³-hybridized carbons (Fsp3) is 0.500. The second kappa shape index (κ2) is 6.54. The minimum atomic E-state index is -0.420. The van der Waals surface area contributed by atoms with E-state index in [2.05, 4.69) is 22.9 Å². The molecule has 0 radical (unpaired) electrons. The van der Waals surface area contributed by atoms with Gasteiger partial charge in [0, 0.05) is 19.6 Å². The number of carbonyl (C=O) groups is 1. The first-order valence-electron chi connectivity index (χ1n) is 6.72. The van der Waals surface area contributed by atoms with Crippen LogP contribution >= 0.6 is 0 Å². The fourth-order valence-electron chi connectivity index (χ4n) is 1.95. The molecule has 1 atom stereocenters. The standard InChI is InChI=1S/C14H21N3O2/c1-3-15-6-7-16-9-11-4-5-13-12(8-11)17-14(18)10(2)19-13/h4-5,8,10,15-16H,3,6-7,9H2,1-2H3,(H,17,18). The van der Waals surface area contributed by atoms with E-state index < -0.39 is 6.10 Å². The summed E-state index contributed by atoms with van der Waals surface area (Å²) in [4.78, 5) is 11.5. The lowest BCUT2D eigenvalue weighted by Crippen LogP contribution is -2.34. The summed E-state index contributed by atoms with van der Waals surface area (Å²) in [7, 11) is 0. The van der Waals surface area contributed by atoms with Gasteiger partial charge in [0.25, 0.3) is 5.91 Å². The van der Waals surface area contributed by atoms with E-state index in [1.54, 1.807) is 6.92 Å². The zero-order chi connectivity index (χ0) is 13.7. The Morgan fingerprint density at radius 3 is 2.89 bits per heavy atom. The lowest BCUT2D eigenvalue weighted by atomic mass is 10.1. The van der Waals surface area contributed by atoms with Crippen LogP contribution in [0.25, 0.3) is 0 Å². The van der Waals surface area contributed by atoms with E-state index in [-0.39, 0.29) is 5.91 Å². The molecule has 1 heterocycles. The Bertz CT molecular complexity index is 448. The summed E-state index contributed by atoms with van der Waals surface area (Å²) in [5, 5.41) is 9.46. The Morgan fingerprint density at radius 1 is 1.32 bits per heavy atom. The lowest BCUT2D eigenvalue weighted by Gasteiger charge is -2.23. The molecule has 1 amide bonds. The third-order valence-corrected chi connectivity index (χ3v) is 3.03. The highest BCUT2D eigenvalue weighted by Crippen LogP contribution is 2.30.